The summed E-state index contributed by atoms with van der Waals surface area (Å²) in [7, 11) is 1.53. The highest BCUT2D eigenvalue weighted by atomic mass is 31.0. The maximum Gasteiger partial charge on any atom is 0.305 e. The van der Waals surface area contributed by atoms with Crippen LogP contribution in [0.15, 0.2) is 90.4 Å². The Morgan fingerprint density at radius 3 is 2.23 bits per heavy atom. The molecule has 0 spiro atoms. The van der Waals surface area contributed by atoms with Gasteiger partial charge in [-0.2, -0.15) is 8.78 Å². The minimum absolute atomic E-state index is 0.0515. The van der Waals surface area contributed by atoms with Crippen LogP contribution in [0.1, 0.15) is 34.2 Å². The van der Waals surface area contributed by atoms with Crippen LogP contribution in [0.2, 0.25) is 0 Å². The van der Waals surface area contributed by atoms with E-state index in [2.05, 4.69) is 6.58 Å². The summed E-state index contributed by atoms with van der Waals surface area (Å²) >= 11 is 0. The second kappa shape index (κ2) is 11.9. The number of carbonyl (C=O) groups is 1. The summed E-state index contributed by atoms with van der Waals surface area (Å²) in [4.78, 5) is 18.2. The van der Waals surface area contributed by atoms with E-state index in [1.807, 2.05) is 66.4 Å². The fourth-order valence-corrected chi connectivity index (χ4v) is 3.86. The summed E-state index contributed by atoms with van der Waals surface area (Å²) in [6.07, 6.45) is 0.653. The number of hydrogen-bond donors (Lipinski definition) is 1. The molecule has 1 unspecified atom stereocenters. The Kier molecular flexibility index (Phi) is 8.89. The highest BCUT2D eigenvalue weighted by Crippen LogP contribution is 2.35. The number of hydrogen-bond acceptors (Lipinski definition) is 2. The number of rotatable bonds is 10. The molecule has 1 atom stereocenters. The number of benzene rings is 3. The van der Waals surface area contributed by atoms with Crippen LogP contribution in [0.25, 0.3) is 5.70 Å². The Bertz CT molecular complexity index is 1190. The van der Waals surface area contributed by atoms with E-state index in [1.54, 1.807) is 12.1 Å². The van der Waals surface area contributed by atoms with E-state index in [0.717, 1.165) is 16.7 Å². The molecule has 0 fully saturated rings. The number of nitrogens with zero attached hydrogens (tertiary/aromatic N) is 2. The average molecular weight is 495 g/mol. The maximum absolute atomic E-state index is 13.6. The van der Waals surface area contributed by atoms with Gasteiger partial charge in [-0.1, -0.05) is 94.7 Å². The molecule has 0 amide bonds. The first kappa shape index (κ1) is 26.2. The van der Waals surface area contributed by atoms with Crippen LogP contribution in [0, 0.1) is 6.92 Å². The van der Waals surface area contributed by atoms with Gasteiger partial charge in [-0.05, 0) is 30.0 Å². The summed E-state index contributed by atoms with van der Waals surface area (Å²) in [5.74, 6) is -0.294. The van der Waals surface area contributed by atoms with Crippen LogP contribution < -0.4 is 0 Å². The summed E-state index contributed by atoms with van der Waals surface area (Å²) in [5, 5.41) is 9.36. The van der Waals surface area contributed by atoms with Crippen molar-refractivity contribution in [3.8, 4) is 0 Å². The van der Waals surface area contributed by atoms with Crippen molar-refractivity contribution in [1.82, 2.24) is 4.90 Å². The molecule has 0 aromatic heterocycles. The molecular weight excluding hydrogens is 465 g/mol. The number of aliphatic imine (C=N–C) groups is 1. The number of alkyl halides is 2. The normalized spacial score (nSPS) is 11.8. The Labute approximate surface area is 207 Å². The van der Waals surface area contributed by atoms with Crippen molar-refractivity contribution in [1.29, 1.82) is 0 Å². The van der Waals surface area contributed by atoms with Crippen molar-refractivity contribution in [2.24, 2.45) is 4.99 Å². The third-order valence-electron chi connectivity index (χ3n) is 5.64. The van der Waals surface area contributed by atoms with Gasteiger partial charge in [0, 0.05) is 24.2 Å². The van der Waals surface area contributed by atoms with E-state index in [4.69, 9.17) is 4.99 Å². The molecule has 35 heavy (non-hydrogen) atoms. The van der Waals surface area contributed by atoms with Crippen LogP contribution in [0.4, 0.5) is 8.78 Å². The number of aryl methyl sites for hydroxylation is 1. The topological polar surface area (TPSA) is 52.9 Å². The summed E-state index contributed by atoms with van der Waals surface area (Å²) in [6.45, 7) is 6.87. The molecule has 0 aliphatic rings. The molecule has 0 saturated heterocycles. The van der Waals surface area contributed by atoms with Gasteiger partial charge < -0.3 is 10.0 Å². The first-order valence-corrected chi connectivity index (χ1v) is 11.8. The first-order chi connectivity index (χ1) is 16.6. The van der Waals surface area contributed by atoms with Gasteiger partial charge in [-0.15, -0.1) is 0 Å². The first-order valence-electron chi connectivity index (χ1n) is 11.3. The van der Waals surface area contributed by atoms with Crippen LogP contribution in [0.3, 0.4) is 0 Å². The van der Waals surface area contributed by atoms with E-state index >= 15 is 0 Å². The predicted molar refractivity (Wildman–Crippen MR) is 141 cm³/mol. The lowest BCUT2D eigenvalue weighted by Gasteiger charge is -2.27. The largest absolute Gasteiger partial charge is 0.481 e. The van der Waals surface area contributed by atoms with Gasteiger partial charge in [-0.25, -0.2) is 4.99 Å². The highest BCUT2D eigenvalue weighted by Gasteiger charge is 2.24. The Morgan fingerprint density at radius 1 is 1.00 bits per heavy atom. The van der Waals surface area contributed by atoms with Gasteiger partial charge in [0.05, 0.1) is 12.1 Å². The smallest absolute Gasteiger partial charge is 0.305 e. The van der Waals surface area contributed by atoms with Crippen molar-refractivity contribution in [2.75, 3.05) is 13.1 Å². The Hall–Kier alpha value is -3.37. The van der Waals surface area contributed by atoms with Crippen molar-refractivity contribution in [2.45, 2.75) is 25.4 Å². The molecule has 0 aliphatic heterocycles. The molecule has 7 heteroatoms. The number of carboxylic acid groups (broad SMARTS) is 1. The average Bonchev–Trinajstić information content (AvgIpc) is 2.83. The molecule has 0 heterocycles. The molecule has 4 nitrogen and oxygen atoms in total. The van der Waals surface area contributed by atoms with Gasteiger partial charge in [0.2, 0.25) is 0 Å². The lowest BCUT2D eigenvalue weighted by atomic mass is 10.1. The summed E-state index contributed by atoms with van der Waals surface area (Å²) in [6, 6.07) is 23.5. The minimum Gasteiger partial charge on any atom is -0.481 e. The minimum atomic E-state index is -3.01. The van der Waals surface area contributed by atoms with E-state index in [9.17, 15) is 18.7 Å². The molecule has 182 valence electrons. The molecular formula is C28H29F2N2O2P. The zero-order valence-electron chi connectivity index (χ0n) is 19.6. The molecule has 0 bridgehead atoms. The van der Waals surface area contributed by atoms with E-state index in [1.165, 1.54) is 21.4 Å². The second-order valence-electron chi connectivity index (χ2n) is 8.26. The van der Waals surface area contributed by atoms with Gasteiger partial charge >= 0.3 is 5.97 Å². The Balaban J connectivity index is 1.99. The number of amidine groups is 1. The lowest BCUT2D eigenvalue weighted by Crippen LogP contribution is -2.36. The Morgan fingerprint density at radius 2 is 1.63 bits per heavy atom. The molecule has 3 rings (SSSR count). The van der Waals surface area contributed by atoms with Gasteiger partial charge in [-0.3, -0.25) is 4.79 Å². The number of aliphatic carboxylic acids is 1. The molecule has 3 aromatic carbocycles. The number of halogens is 2. The monoisotopic (exact) mass is 494 g/mol. The van der Waals surface area contributed by atoms with Crippen LogP contribution >= 0.6 is 9.24 Å². The van der Waals surface area contributed by atoms with E-state index in [0.29, 0.717) is 30.1 Å². The third-order valence-corrected chi connectivity index (χ3v) is 5.97. The fraction of sp³-hybridized carbons (Fsp3) is 0.214. The third kappa shape index (κ3) is 7.56. The maximum atomic E-state index is 13.6. The van der Waals surface area contributed by atoms with Gasteiger partial charge in [0.15, 0.2) is 0 Å². The zero-order chi connectivity index (χ0) is 25.4. The molecule has 0 radical (unpaired) electrons. The quantitative estimate of drug-likeness (QED) is 0.203. The molecule has 1 N–H and O–H groups in total. The van der Waals surface area contributed by atoms with Crippen molar-refractivity contribution >= 4 is 26.7 Å². The molecule has 0 aliphatic carbocycles. The zero-order valence-corrected chi connectivity index (χ0v) is 20.8. The summed E-state index contributed by atoms with van der Waals surface area (Å²) < 4.78 is 27.2. The molecule has 0 saturated carbocycles. The van der Waals surface area contributed by atoms with Crippen molar-refractivity contribution < 1.29 is 18.7 Å². The fourth-order valence-electron chi connectivity index (χ4n) is 3.67. The van der Waals surface area contributed by atoms with Crippen molar-refractivity contribution in [3.05, 3.63) is 113 Å². The standard InChI is InChI=1S/C28H29F2N2O2P/c1-20-8-6-7-11-25(20)27(31-21(2)23-12-14-24(15-13-23)28(29,30)35)32(19-17-26(33)34)18-16-22-9-4-3-5-10-22/h3-15H,2,16-19,35H2,1H3,(H,33,34). The van der Waals surface area contributed by atoms with Crippen LogP contribution in [-0.2, 0) is 16.9 Å². The number of carboxylic acids is 1. The van der Waals surface area contributed by atoms with Crippen LogP contribution in [0.5, 0.6) is 0 Å². The van der Waals surface area contributed by atoms with Gasteiger partial charge in [0.1, 0.15) is 5.84 Å². The predicted octanol–water partition coefficient (Wildman–Crippen LogP) is 6.36. The second-order valence-corrected chi connectivity index (χ2v) is 8.99. The van der Waals surface area contributed by atoms with E-state index in [-0.39, 0.29) is 18.5 Å². The summed E-state index contributed by atoms with van der Waals surface area (Å²) in [5.41, 5.74) is 0.855. The SMILES string of the molecule is C=C(N=C(c1ccccc1C)N(CCC(=O)O)CCc1ccccc1)c1ccc(C(F)(F)P)cc1. The molecule has 3 aromatic rings. The van der Waals surface area contributed by atoms with E-state index < -0.39 is 11.6 Å². The highest BCUT2D eigenvalue weighted by molar-refractivity contribution is 7.17. The van der Waals surface area contributed by atoms with Crippen molar-refractivity contribution in [3.63, 3.8) is 0 Å². The van der Waals surface area contributed by atoms with Gasteiger partial charge in [0.25, 0.3) is 5.66 Å². The lowest BCUT2D eigenvalue weighted by molar-refractivity contribution is -0.137. The van der Waals surface area contributed by atoms with Crippen LogP contribution in [-0.4, -0.2) is 34.9 Å².